The van der Waals surface area contributed by atoms with Crippen LogP contribution in [-0.2, 0) is 16.1 Å². The number of hydrogen-bond donors (Lipinski definition) is 4. The van der Waals surface area contributed by atoms with Crippen LogP contribution in [0, 0.1) is 6.92 Å². The topological polar surface area (TPSA) is 170 Å². The second-order valence-electron chi connectivity index (χ2n) is 8.70. The van der Waals surface area contributed by atoms with Gasteiger partial charge in [0, 0.05) is 18.7 Å². The molecule has 1 atom stereocenters. The molecule has 2 aromatic carbocycles. The molecule has 3 heterocycles. The summed E-state index contributed by atoms with van der Waals surface area (Å²) in [5.41, 5.74) is 8.54. The monoisotopic (exact) mass is 513 g/mol. The van der Waals surface area contributed by atoms with Crippen molar-refractivity contribution in [3.63, 3.8) is 0 Å². The molecule has 5 N–H and O–H groups in total. The van der Waals surface area contributed by atoms with Crippen LogP contribution < -0.4 is 26.4 Å². The number of carbonyl (C=O) groups is 4. The Morgan fingerprint density at radius 2 is 1.89 bits per heavy atom. The lowest BCUT2D eigenvalue weighted by Crippen LogP contribution is -2.38. The van der Waals surface area contributed by atoms with Crippen molar-refractivity contribution in [3.05, 3.63) is 88.9 Å². The Morgan fingerprint density at radius 1 is 1.11 bits per heavy atom. The molecule has 38 heavy (non-hydrogen) atoms. The van der Waals surface area contributed by atoms with E-state index < -0.39 is 23.8 Å². The quantitative estimate of drug-likeness (QED) is 0.288. The van der Waals surface area contributed by atoms with Gasteiger partial charge >= 0.3 is 0 Å². The maximum absolute atomic E-state index is 13.2. The van der Waals surface area contributed by atoms with Gasteiger partial charge in [-0.1, -0.05) is 35.9 Å². The molecular weight excluding hydrogens is 490 g/mol. The molecule has 0 unspecified atom stereocenters. The summed E-state index contributed by atoms with van der Waals surface area (Å²) in [7, 11) is 0. The maximum atomic E-state index is 13.2. The predicted octanol–water partition coefficient (Wildman–Crippen LogP) is 1.26. The van der Waals surface area contributed by atoms with Crippen molar-refractivity contribution >= 4 is 35.0 Å². The number of ether oxygens (including phenoxy) is 1. The Labute approximate surface area is 216 Å². The second-order valence-corrected chi connectivity index (χ2v) is 8.70. The van der Waals surface area contributed by atoms with Crippen molar-refractivity contribution < 1.29 is 23.9 Å². The lowest BCUT2D eigenvalue weighted by atomic mass is 10.0. The lowest BCUT2D eigenvalue weighted by molar-refractivity contribution is -0.120. The Morgan fingerprint density at radius 3 is 2.66 bits per heavy atom. The molecule has 0 saturated carbocycles. The molecule has 0 spiro atoms. The number of nitrogens with zero attached hydrogens (tertiary/aromatic N) is 3. The number of rotatable bonds is 7. The molecule has 1 aliphatic heterocycles. The number of primary amides is 1. The molecule has 0 saturated heterocycles. The van der Waals surface area contributed by atoms with Gasteiger partial charge in [0.15, 0.2) is 12.3 Å². The fraction of sp³-hybridized carbons (Fsp3) is 0.154. The van der Waals surface area contributed by atoms with Gasteiger partial charge in [-0.25, -0.2) is 9.50 Å². The normalized spacial score (nSPS) is 13.1. The number of nitrogens with two attached hydrogens (primary N) is 1. The molecule has 2 aromatic heterocycles. The molecule has 12 heteroatoms. The van der Waals surface area contributed by atoms with E-state index in [0.29, 0.717) is 22.6 Å². The third-order valence-electron chi connectivity index (χ3n) is 5.93. The van der Waals surface area contributed by atoms with Gasteiger partial charge in [0.1, 0.15) is 23.2 Å². The standard InChI is InChI=1S/C26H23N7O5/c1-14-2-5-16(6-3-14)23(24(27)35)32-26(37)19-11-18(30-21-8-9-29-33(19)21)25(36)28-12-15-4-7-20-17(10-15)31-22(34)13-38-20/h2-11,23H,12-13H2,1H3,(H2,27,35)(H,28,36)(H,31,34)(H,32,37)/t23-/m1/s1. The minimum absolute atomic E-state index is 0.00264. The lowest BCUT2D eigenvalue weighted by Gasteiger charge is -2.18. The van der Waals surface area contributed by atoms with Crippen LogP contribution in [-0.4, -0.2) is 44.8 Å². The molecule has 1 aliphatic rings. The second kappa shape index (κ2) is 10.0. The minimum Gasteiger partial charge on any atom is -0.482 e. The first kappa shape index (κ1) is 24.4. The first-order valence-corrected chi connectivity index (χ1v) is 11.6. The average molecular weight is 514 g/mol. The van der Waals surface area contributed by atoms with Crippen molar-refractivity contribution in [3.8, 4) is 5.75 Å². The summed E-state index contributed by atoms with van der Waals surface area (Å²) in [6.45, 7) is 1.98. The summed E-state index contributed by atoms with van der Waals surface area (Å²) >= 11 is 0. The van der Waals surface area contributed by atoms with E-state index in [1.165, 1.54) is 16.8 Å². The van der Waals surface area contributed by atoms with Crippen molar-refractivity contribution in [1.29, 1.82) is 0 Å². The number of anilines is 1. The first-order valence-electron chi connectivity index (χ1n) is 11.6. The first-order chi connectivity index (χ1) is 18.3. The summed E-state index contributed by atoms with van der Waals surface area (Å²) < 4.78 is 6.61. The largest absolute Gasteiger partial charge is 0.482 e. The zero-order valence-corrected chi connectivity index (χ0v) is 20.2. The highest BCUT2D eigenvalue weighted by Crippen LogP contribution is 2.28. The number of aryl methyl sites for hydroxylation is 1. The summed E-state index contributed by atoms with van der Waals surface area (Å²) in [5.74, 6) is -1.65. The molecule has 12 nitrogen and oxygen atoms in total. The van der Waals surface area contributed by atoms with Crippen molar-refractivity contribution in [2.24, 2.45) is 5.73 Å². The number of aromatic nitrogens is 3. The molecule has 4 amide bonds. The van der Waals surface area contributed by atoms with E-state index in [4.69, 9.17) is 10.5 Å². The van der Waals surface area contributed by atoms with E-state index in [1.54, 1.807) is 36.4 Å². The van der Waals surface area contributed by atoms with Crippen LogP contribution in [0.5, 0.6) is 5.75 Å². The molecule has 0 radical (unpaired) electrons. The van der Waals surface area contributed by atoms with Gasteiger partial charge in [0.2, 0.25) is 5.91 Å². The highest BCUT2D eigenvalue weighted by atomic mass is 16.5. The van der Waals surface area contributed by atoms with Gasteiger partial charge in [0.25, 0.3) is 17.7 Å². The zero-order chi connectivity index (χ0) is 26.8. The Hall–Kier alpha value is -5.26. The van der Waals surface area contributed by atoms with Crippen molar-refractivity contribution in [2.75, 3.05) is 11.9 Å². The molecule has 4 aromatic rings. The van der Waals surface area contributed by atoms with Gasteiger partial charge in [-0.05, 0) is 30.2 Å². The van der Waals surface area contributed by atoms with E-state index >= 15 is 0 Å². The number of fused-ring (bicyclic) bond motifs is 2. The summed E-state index contributed by atoms with van der Waals surface area (Å²) in [5, 5.41) is 12.2. The van der Waals surface area contributed by atoms with Gasteiger partial charge in [-0.3, -0.25) is 19.2 Å². The van der Waals surface area contributed by atoms with Gasteiger partial charge in [-0.15, -0.1) is 0 Å². The minimum atomic E-state index is -1.09. The zero-order valence-electron chi connectivity index (χ0n) is 20.2. The van der Waals surface area contributed by atoms with Crippen LogP contribution in [0.3, 0.4) is 0 Å². The van der Waals surface area contributed by atoms with E-state index in [9.17, 15) is 19.2 Å². The fourth-order valence-electron chi connectivity index (χ4n) is 3.99. The molecular formula is C26H23N7O5. The molecule has 0 fully saturated rings. The number of nitrogens with one attached hydrogen (secondary N) is 3. The third-order valence-corrected chi connectivity index (χ3v) is 5.93. The summed E-state index contributed by atoms with van der Waals surface area (Å²) in [6.07, 6.45) is 1.44. The summed E-state index contributed by atoms with van der Waals surface area (Å²) in [4.78, 5) is 54.2. The Kier molecular flexibility index (Phi) is 6.44. The van der Waals surface area contributed by atoms with Crippen LogP contribution in [0.1, 0.15) is 43.7 Å². The van der Waals surface area contributed by atoms with Crippen molar-refractivity contribution in [1.82, 2.24) is 25.2 Å². The molecule has 0 bridgehead atoms. The van der Waals surface area contributed by atoms with E-state index in [2.05, 4.69) is 26.0 Å². The maximum Gasteiger partial charge on any atom is 0.271 e. The summed E-state index contributed by atoms with van der Waals surface area (Å²) in [6, 6.07) is 13.9. The molecule has 192 valence electrons. The third kappa shape index (κ3) is 5.00. The Balaban J connectivity index is 1.36. The van der Waals surface area contributed by atoms with Crippen LogP contribution in [0.2, 0.25) is 0 Å². The number of hydrogen-bond acceptors (Lipinski definition) is 7. The van der Waals surface area contributed by atoms with Gasteiger partial charge < -0.3 is 26.4 Å². The predicted molar refractivity (Wildman–Crippen MR) is 135 cm³/mol. The highest BCUT2D eigenvalue weighted by molar-refractivity contribution is 6.00. The smallest absolute Gasteiger partial charge is 0.271 e. The SMILES string of the molecule is Cc1ccc([C@@H](NC(=O)c2cc(C(=O)NCc3ccc4c(c3)NC(=O)CO4)nc3ccnn23)C(N)=O)cc1. The van der Waals surface area contributed by atoms with Crippen LogP contribution >= 0.6 is 0 Å². The van der Waals surface area contributed by atoms with Gasteiger partial charge in [-0.2, -0.15) is 5.10 Å². The van der Waals surface area contributed by atoms with E-state index in [1.807, 2.05) is 19.1 Å². The van der Waals surface area contributed by atoms with Gasteiger partial charge in [0.05, 0.1) is 11.9 Å². The Bertz CT molecular complexity index is 1580. The van der Waals surface area contributed by atoms with Crippen LogP contribution in [0.15, 0.2) is 60.8 Å². The highest BCUT2D eigenvalue weighted by Gasteiger charge is 2.24. The number of carbonyl (C=O) groups excluding carboxylic acids is 4. The van der Waals surface area contributed by atoms with E-state index in [-0.39, 0.29) is 36.1 Å². The average Bonchev–Trinajstić information content (AvgIpc) is 3.38. The molecule has 5 rings (SSSR count). The number of benzene rings is 2. The fourth-order valence-corrected chi connectivity index (χ4v) is 3.99. The van der Waals surface area contributed by atoms with Crippen LogP contribution in [0.25, 0.3) is 5.65 Å². The van der Waals surface area contributed by atoms with Crippen molar-refractivity contribution in [2.45, 2.75) is 19.5 Å². The van der Waals surface area contributed by atoms with Crippen LogP contribution in [0.4, 0.5) is 5.69 Å². The number of amides is 4. The molecule has 0 aliphatic carbocycles. The van der Waals surface area contributed by atoms with E-state index in [0.717, 1.165) is 5.56 Å².